The van der Waals surface area contributed by atoms with Crippen molar-refractivity contribution in [3.63, 3.8) is 0 Å². The topological polar surface area (TPSA) is 32.3 Å². The van der Waals surface area contributed by atoms with Crippen molar-refractivity contribution in [2.45, 2.75) is 39.3 Å². The quantitative estimate of drug-likeness (QED) is 0.838. The summed E-state index contributed by atoms with van der Waals surface area (Å²) in [6.45, 7) is 5.65. The van der Waals surface area contributed by atoms with Crippen LogP contribution in [0.25, 0.3) is 0 Å². The van der Waals surface area contributed by atoms with Gasteiger partial charge in [0.15, 0.2) is 0 Å². The minimum Gasteiger partial charge on any atom is -0.335 e. The van der Waals surface area contributed by atoms with Crippen LogP contribution in [-0.2, 0) is 11.3 Å². The van der Waals surface area contributed by atoms with Gasteiger partial charge >= 0.3 is 0 Å². The summed E-state index contributed by atoms with van der Waals surface area (Å²) < 4.78 is 13.9. The minimum absolute atomic E-state index is 0.0674. The lowest BCUT2D eigenvalue weighted by Gasteiger charge is -2.26. The maximum Gasteiger partial charge on any atom is 0.227 e. The van der Waals surface area contributed by atoms with E-state index in [-0.39, 0.29) is 30.2 Å². The average Bonchev–Trinajstić information content (AvgIpc) is 3.28. The molecule has 1 aromatic carbocycles. The maximum absolute atomic E-state index is 13.9. The van der Waals surface area contributed by atoms with Crippen LogP contribution in [0.15, 0.2) is 18.2 Å². The van der Waals surface area contributed by atoms with Crippen LogP contribution in [0.2, 0.25) is 5.02 Å². The molecular formula is C16H22ClFN2O. The zero-order valence-corrected chi connectivity index (χ0v) is 13.3. The second-order valence-electron chi connectivity index (χ2n) is 5.61. The van der Waals surface area contributed by atoms with E-state index in [0.29, 0.717) is 17.1 Å². The Labute approximate surface area is 130 Å². The highest BCUT2D eigenvalue weighted by molar-refractivity contribution is 6.31. The summed E-state index contributed by atoms with van der Waals surface area (Å²) in [6, 6.07) is 4.87. The molecule has 0 radical (unpaired) electrons. The van der Waals surface area contributed by atoms with Crippen molar-refractivity contribution < 1.29 is 9.18 Å². The average molecular weight is 313 g/mol. The molecule has 1 fully saturated rings. The molecule has 3 nitrogen and oxygen atoms in total. The number of nitrogens with zero attached hydrogens (tertiary/aromatic N) is 1. The molecule has 0 spiro atoms. The van der Waals surface area contributed by atoms with E-state index in [1.807, 2.05) is 13.8 Å². The van der Waals surface area contributed by atoms with Gasteiger partial charge in [-0.25, -0.2) is 4.39 Å². The Balaban J connectivity index is 2.11. The van der Waals surface area contributed by atoms with Gasteiger partial charge < -0.3 is 10.2 Å². The van der Waals surface area contributed by atoms with E-state index in [1.165, 1.54) is 6.07 Å². The number of amides is 1. The van der Waals surface area contributed by atoms with Crippen molar-refractivity contribution in [1.29, 1.82) is 0 Å². The van der Waals surface area contributed by atoms with Gasteiger partial charge in [-0.3, -0.25) is 4.79 Å². The smallest absolute Gasteiger partial charge is 0.227 e. The van der Waals surface area contributed by atoms with E-state index in [0.717, 1.165) is 19.4 Å². The first-order valence-electron chi connectivity index (χ1n) is 7.48. The fourth-order valence-electron chi connectivity index (χ4n) is 2.36. The predicted octanol–water partition coefficient (Wildman–Crippen LogP) is 3.22. The maximum atomic E-state index is 13.9. The van der Waals surface area contributed by atoms with Crippen molar-refractivity contribution >= 4 is 17.5 Å². The number of hydrogen-bond acceptors (Lipinski definition) is 2. The highest BCUT2D eigenvalue weighted by Gasteiger charge is 2.35. The van der Waals surface area contributed by atoms with Gasteiger partial charge in [-0.2, -0.15) is 0 Å². The molecule has 1 aliphatic carbocycles. The molecule has 0 saturated heterocycles. The normalized spacial score (nSPS) is 15.8. The molecule has 0 heterocycles. The van der Waals surface area contributed by atoms with Gasteiger partial charge in [0.05, 0.1) is 6.54 Å². The molecule has 0 bridgehead atoms. The first-order chi connectivity index (χ1) is 10.0. The lowest BCUT2D eigenvalue weighted by Crippen LogP contribution is -2.40. The molecule has 0 aliphatic heterocycles. The standard InChI is InChI=1S/C16H22ClFN2O/c1-3-19-9-11(2)16(21)20(12-7-8-12)10-13-14(17)5-4-6-15(13)18/h4-6,11-12,19H,3,7-10H2,1-2H3. The number of nitrogens with one attached hydrogen (secondary N) is 1. The summed E-state index contributed by atoms with van der Waals surface area (Å²) in [7, 11) is 0. The van der Waals surface area contributed by atoms with Gasteiger partial charge in [0, 0.05) is 29.1 Å². The molecule has 2 rings (SSSR count). The van der Waals surface area contributed by atoms with E-state index >= 15 is 0 Å². The number of benzene rings is 1. The van der Waals surface area contributed by atoms with Crippen LogP contribution < -0.4 is 5.32 Å². The Morgan fingerprint density at radius 2 is 2.24 bits per heavy atom. The van der Waals surface area contributed by atoms with E-state index in [1.54, 1.807) is 17.0 Å². The first-order valence-corrected chi connectivity index (χ1v) is 7.86. The molecular weight excluding hydrogens is 291 g/mol. The van der Waals surface area contributed by atoms with Crippen LogP contribution in [0.3, 0.4) is 0 Å². The second kappa shape index (κ2) is 7.23. The minimum atomic E-state index is -0.347. The second-order valence-corrected chi connectivity index (χ2v) is 6.01. The van der Waals surface area contributed by atoms with Gasteiger partial charge in [-0.15, -0.1) is 0 Å². The Kier molecular flexibility index (Phi) is 5.59. The number of hydrogen-bond donors (Lipinski definition) is 1. The van der Waals surface area contributed by atoms with Crippen LogP contribution >= 0.6 is 11.6 Å². The van der Waals surface area contributed by atoms with Crippen molar-refractivity contribution in [2.24, 2.45) is 5.92 Å². The van der Waals surface area contributed by atoms with Crippen LogP contribution in [0.4, 0.5) is 4.39 Å². The summed E-state index contributed by atoms with van der Waals surface area (Å²) >= 11 is 6.08. The summed E-state index contributed by atoms with van der Waals surface area (Å²) in [5.41, 5.74) is 0.412. The Bertz CT molecular complexity index is 485. The Morgan fingerprint density at radius 1 is 1.52 bits per heavy atom. The molecule has 116 valence electrons. The molecule has 1 N–H and O–H groups in total. The lowest BCUT2D eigenvalue weighted by atomic mass is 10.1. The van der Waals surface area contributed by atoms with Gasteiger partial charge in [0.2, 0.25) is 5.91 Å². The Hall–Kier alpha value is -1.13. The van der Waals surface area contributed by atoms with E-state index in [9.17, 15) is 9.18 Å². The third kappa shape index (κ3) is 4.17. The number of carbonyl (C=O) groups is 1. The molecule has 1 saturated carbocycles. The number of carbonyl (C=O) groups excluding carboxylic acids is 1. The number of halogens is 2. The van der Waals surface area contributed by atoms with E-state index < -0.39 is 0 Å². The third-order valence-electron chi connectivity index (χ3n) is 3.78. The van der Waals surface area contributed by atoms with Crippen molar-refractivity contribution in [1.82, 2.24) is 10.2 Å². The largest absolute Gasteiger partial charge is 0.335 e. The summed E-state index contributed by atoms with van der Waals surface area (Å²) in [5, 5.41) is 3.56. The van der Waals surface area contributed by atoms with Crippen LogP contribution in [0.1, 0.15) is 32.3 Å². The van der Waals surface area contributed by atoms with Gasteiger partial charge in [-0.1, -0.05) is 31.5 Å². The highest BCUT2D eigenvalue weighted by Crippen LogP contribution is 2.31. The lowest BCUT2D eigenvalue weighted by molar-refractivity contribution is -0.136. The van der Waals surface area contributed by atoms with Gasteiger partial charge in [0.1, 0.15) is 5.82 Å². The monoisotopic (exact) mass is 312 g/mol. The third-order valence-corrected chi connectivity index (χ3v) is 4.14. The van der Waals surface area contributed by atoms with Crippen LogP contribution in [0, 0.1) is 11.7 Å². The van der Waals surface area contributed by atoms with Crippen LogP contribution in [0.5, 0.6) is 0 Å². The fourth-order valence-corrected chi connectivity index (χ4v) is 2.58. The Morgan fingerprint density at radius 3 is 2.81 bits per heavy atom. The summed E-state index contributed by atoms with van der Waals surface area (Å²) in [4.78, 5) is 14.4. The molecule has 5 heteroatoms. The molecule has 21 heavy (non-hydrogen) atoms. The van der Waals surface area contributed by atoms with Crippen molar-refractivity contribution in [3.05, 3.63) is 34.6 Å². The zero-order valence-electron chi connectivity index (χ0n) is 12.5. The zero-order chi connectivity index (χ0) is 15.4. The predicted molar refractivity (Wildman–Crippen MR) is 82.7 cm³/mol. The first kappa shape index (κ1) is 16.2. The van der Waals surface area contributed by atoms with Gasteiger partial charge in [0.25, 0.3) is 0 Å². The molecule has 1 atom stereocenters. The van der Waals surface area contributed by atoms with Crippen molar-refractivity contribution in [2.75, 3.05) is 13.1 Å². The molecule has 1 aliphatic rings. The highest BCUT2D eigenvalue weighted by atomic mass is 35.5. The summed E-state index contributed by atoms with van der Waals surface area (Å²) in [5.74, 6) is -0.394. The SMILES string of the molecule is CCNCC(C)C(=O)N(Cc1c(F)cccc1Cl)C1CC1. The van der Waals surface area contributed by atoms with Crippen LogP contribution in [-0.4, -0.2) is 29.9 Å². The molecule has 1 aromatic rings. The molecule has 1 amide bonds. The van der Waals surface area contributed by atoms with Gasteiger partial charge in [-0.05, 0) is 31.5 Å². The molecule has 0 aromatic heterocycles. The summed E-state index contributed by atoms with van der Waals surface area (Å²) in [6.07, 6.45) is 1.98. The van der Waals surface area contributed by atoms with E-state index in [4.69, 9.17) is 11.6 Å². The molecule has 1 unspecified atom stereocenters. The van der Waals surface area contributed by atoms with E-state index in [2.05, 4.69) is 5.32 Å². The van der Waals surface area contributed by atoms with Crippen molar-refractivity contribution in [3.8, 4) is 0 Å². The number of rotatable bonds is 7. The fraction of sp³-hybridized carbons (Fsp3) is 0.562.